The Morgan fingerprint density at radius 2 is 1.66 bits per heavy atom. The van der Waals surface area contributed by atoms with Gasteiger partial charge < -0.3 is 14.2 Å². The summed E-state index contributed by atoms with van der Waals surface area (Å²) in [5, 5.41) is 4.07. The molecule has 1 fully saturated rings. The highest BCUT2D eigenvalue weighted by atomic mass is 32.2. The van der Waals surface area contributed by atoms with Crippen LogP contribution in [-0.4, -0.2) is 56.2 Å². The molecule has 0 bridgehead atoms. The summed E-state index contributed by atoms with van der Waals surface area (Å²) in [5.41, 5.74) is 3.34. The fourth-order valence-corrected chi connectivity index (χ4v) is 5.76. The van der Waals surface area contributed by atoms with Crippen LogP contribution in [0.25, 0.3) is 22.8 Å². The molecule has 0 spiro atoms. The third-order valence-corrected chi connectivity index (χ3v) is 8.08. The van der Waals surface area contributed by atoms with Crippen molar-refractivity contribution in [2.45, 2.75) is 11.8 Å². The van der Waals surface area contributed by atoms with Gasteiger partial charge in [0.15, 0.2) is 0 Å². The van der Waals surface area contributed by atoms with Gasteiger partial charge in [0, 0.05) is 43.5 Å². The van der Waals surface area contributed by atoms with Crippen LogP contribution in [-0.2, 0) is 10.0 Å². The summed E-state index contributed by atoms with van der Waals surface area (Å²) in [7, 11) is -2.13. The van der Waals surface area contributed by atoms with Crippen LogP contribution in [0.15, 0.2) is 82.2 Å². The number of methoxy groups -OCH3 is 1. The van der Waals surface area contributed by atoms with E-state index in [4.69, 9.17) is 9.26 Å². The van der Waals surface area contributed by atoms with Crippen molar-refractivity contribution >= 4 is 15.7 Å². The fourth-order valence-electron chi connectivity index (χ4n) is 4.15. The Kier molecular flexibility index (Phi) is 6.27. The van der Waals surface area contributed by atoms with Crippen molar-refractivity contribution in [3.63, 3.8) is 0 Å². The first kappa shape index (κ1) is 23.1. The van der Waals surface area contributed by atoms with Gasteiger partial charge in [0.05, 0.1) is 17.6 Å². The highest BCUT2D eigenvalue weighted by Gasteiger charge is 2.31. The molecule has 0 saturated carbocycles. The van der Waals surface area contributed by atoms with Gasteiger partial charge in [0.25, 0.3) is 5.89 Å². The minimum absolute atomic E-state index is 0.161. The quantitative estimate of drug-likeness (QED) is 0.400. The number of aryl methyl sites for hydroxylation is 1. The highest BCUT2D eigenvalue weighted by molar-refractivity contribution is 7.89. The average molecular weight is 491 g/mol. The molecule has 1 aliphatic rings. The second kappa shape index (κ2) is 9.52. The van der Waals surface area contributed by atoms with Gasteiger partial charge in [-0.2, -0.15) is 9.29 Å². The van der Waals surface area contributed by atoms with Gasteiger partial charge in [0.2, 0.25) is 15.8 Å². The van der Waals surface area contributed by atoms with Crippen LogP contribution in [0.1, 0.15) is 5.56 Å². The molecule has 9 heteroatoms. The monoisotopic (exact) mass is 490 g/mol. The molecule has 1 saturated heterocycles. The zero-order valence-corrected chi connectivity index (χ0v) is 20.4. The first-order valence-electron chi connectivity index (χ1n) is 11.3. The third kappa shape index (κ3) is 4.65. The van der Waals surface area contributed by atoms with E-state index in [2.05, 4.69) is 15.0 Å². The Bertz CT molecular complexity index is 1430. The van der Waals surface area contributed by atoms with Crippen molar-refractivity contribution in [1.82, 2.24) is 14.4 Å². The molecule has 35 heavy (non-hydrogen) atoms. The van der Waals surface area contributed by atoms with Crippen molar-refractivity contribution in [3.05, 3.63) is 78.4 Å². The lowest BCUT2D eigenvalue weighted by molar-refractivity contribution is 0.383. The summed E-state index contributed by atoms with van der Waals surface area (Å²) in [5.74, 6) is 1.37. The molecule has 0 atom stereocenters. The maximum Gasteiger partial charge on any atom is 0.259 e. The lowest BCUT2D eigenvalue weighted by atomic mass is 10.1. The minimum atomic E-state index is -3.77. The molecular weight excluding hydrogens is 464 g/mol. The molecule has 0 N–H and O–H groups in total. The van der Waals surface area contributed by atoms with Crippen molar-refractivity contribution in [3.8, 4) is 28.6 Å². The third-order valence-electron chi connectivity index (χ3n) is 6.13. The van der Waals surface area contributed by atoms with Gasteiger partial charge in [0.1, 0.15) is 5.75 Å². The first-order valence-corrected chi connectivity index (χ1v) is 12.8. The molecular formula is C26H26N4O4S. The second-order valence-electron chi connectivity index (χ2n) is 8.38. The Morgan fingerprint density at radius 3 is 2.40 bits per heavy atom. The molecule has 0 amide bonds. The summed E-state index contributed by atoms with van der Waals surface area (Å²) < 4.78 is 39.6. The molecule has 0 unspecified atom stereocenters. The van der Waals surface area contributed by atoms with Gasteiger partial charge in [-0.15, -0.1) is 0 Å². The number of ether oxygens (including phenoxy) is 1. The lowest BCUT2D eigenvalue weighted by Gasteiger charge is -2.35. The predicted molar refractivity (Wildman–Crippen MR) is 134 cm³/mol. The van der Waals surface area contributed by atoms with Gasteiger partial charge in [-0.3, -0.25) is 0 Å². The van der Waals surface area contributed by atoms with Crippen LogP contribution in [0.3, 0.4) is 0 Å². The van der Waals surface area contributed by atoms with E-state index >= 15 is 0 Å². The molecule has 1 aliphatic heterocycles. The number of benzene rings is 3. The van der Waals surface area contributed by atoms with E-state index in [0.717, 1.165) is 22.6 Å². The number of aromatic nitrogens is 2. The maximum absolute atomic E-state index is 13.6. The molecule has 3 aromatic carbocycles. The molecule has 1 aromatic heterocycles. The van der Waals surface area contributed by atoms with E-state index in [0.29, 0.717) is 37.6 Å². The van der Waals surface area contributed by atoms with Crippen LogP contribution in [0.2, 0.25) is 0 Å². The molecule has 8 nitrogen and oxygen atoms in total. The van der Waals surface area contributed by atoms with Crippen LogP contribution < -0.4 is 9.64 Å². The number of hydrogen-bond donors (Lipinski definition) is 0. The predicted octanol–water partition coefficient (Wildman–Crippen LogP) is 4.23. The minimum Gasteiger partial charge on any atom is -0.497 e. The van der Waals surface area contributed by atoms with E-state index < -0.39 is 10.0 Å². The Morgan fingerprint density at radius 1 is 0.914 bits per heavy atom. The Hall–Kier alpha value is -3.69. The van der Waals surface area contributed by atoms with E-state index in [1.54, 1.807) is 31.4 Å². The number of piperazine rings is 1. The Labute approximate surface area is 204 Å². The zero-order chi connectivity index (χ0) is 24.4. The van der Waals surface area contributed by atoms with Crippen LogP contribution in [0, 0.1) is 6.92 Å². The molecule has 0 radical (unpaired) electrons. The van der Waals surface area contributed by atoms with Gasteiger partial charge in [-0.25, -0.2) is 8.42 Å². The van der Waals surface area contributed by atoms with Crippen LogP contribution in [0.4, 0.5) is 5.69 Å². The molecule has 2 heterocycles. The zero-order valence-electron chi connectivity index (χ0n) is 19.6. The second-order valence-corrected chi connectivity index (χ2v) is 10.3. The highest BCUT2D eigenvalue weighted by Crippen LogP contribution is 2.31. The normalized spacial score (nSPS) is 14.7. The topological polar surface area (TPSA) is 88.8 Å². The van der Waals surface area contributed by atoms with Gasteiger partial charge in [-0.1, -0.05) is 53.2 Å². The van der Waals surface area contributed by atoms with E-state index in [9.17, 15) is 8.42 Å². The standard InChI is InChI=1S/C26H26N4O4S/c1-19-10-12-20(13-11-19)25-27-26(34-28-25)23-8-3-4-9-24(23)35(31,32)30-16-14-29(15-17-30)21-6-5-7-22(18-21)33-2/h3-13,18H,14-17H2,1-2H3. The lowest BCUT2D eigenvalue weighted by Crippen LogP contribution is -2.48. The van der Waals surface area contributed by atoms with Crippen LogP contribution >= 0.6 is 0 Å². The largest absolute Gasteiger partial charge is 0.497 e. The smallest absolute Gasteiger partial charge is 0.259 e. The molecule has 180 valence electrons. The first-order chi connectivity index (χ1) is 17.0. The van der Waals surface area contributed by atoms with Gasteiger partial charge in [-0.05, 0) is 31.2 Å². The number of rotatable bonds is 6. The van der Waals surface area contributed by atoms with Crippen molar-refractivity contribution in [1.29, 1.82) is 0 Å². The number of nitrogens with zero attached hydrogens (tertiary/aromatic N) is 4. The molecule has 0 aliphatic carbocycles. The van der Waals surface area contributed by atoms with E-state index in [1.165, 1.54) is 4.31 Å². The number of hydrogen-bond acceptors (Lipinski definition) is 7. The SMILES string of the molecule is COc1cccc(N2CCN(S(=O)(=O)c3ccccc3-c3nc(-c4ccc(C)cc4)no3)CC2)c1. The van der Waals surface area contributed by atoms with Crippen molar-refractivity contribution < 1.29 is 17.7 Å². The van der Waals surface area contributed by atoms with E-state index in [-0.39, 0.29) is 10.8 Å². The summed E-state index contributed by atoms with van der Waals surface area (Å²) in [6, 6.07) is 22.3. The summed E-state index contributed by atoms with van der Waals surface area (Å²) >= 11 is 0. The maximum atomic E-state index is 13.6. The van der Waals surface area contributed by atoms with Crippen molar-refractivity contribution in [2.24, 2.45) is 0 Å². The summed E-state index contributed by atoms with van der Waals surface area (Å²) in [6.07, 6.45) is 0. The molecule has 5 rings (SSSR count). The van der Waals surface area contributed by atoms with Crippen LogP contribution in [0.5, 0.6) is 5.75 Å². The fraction of sp³-hybridized carbons (Fsp3) is 0.231. The summed E-state index contributed by atoms with van der Waals surface area (Å²) in [6.45, 7) is 3.89. The Balaban J connectivity index is 1.38. The number of sulfonamides is 1. The average Bonchev–Trinajstić information content (AvgIpc) is 3.39. The summed E-state index contributed by atoms with van der Waals surface area (Å²) in [4.78, 5) is 6.81. The number of anilines is 1. The van der Waals surface area contributed by atoms with Crippen molar-refractivity contribution in [2.75, 3.05) is 38.2 Å². The van der Waals surface area contributed by atoms with Gasteiger partial charge >= 0.3 is 0 Å². The molecule has 4 aromatic rings. The van der Waals surface area contributed by atoms with E-state index in [1.807, 2.05) is 55.5 Å².